The fraction of sp³-hybridized carbons (Fsp3) is 0. The fourth-order valence-corrected chi connectivity index (χ4v) is 1.57. The molecule has 0 aliphatic rings. The topological polar surface area (TPSA) is 43.4 Å². The minimum atomic E-state index is -4.87. The average molecular weight is 246 g/mol. The van der Waals surface area contributed by atoms with E-state index < -0.39 is 21.1 Å². The van der Waals surface area contributed by atoms with E-state index >= 15 is 0 Å². The summed E-state index contributed by atoms with van der Waals surface area (Å²) in [6.07, 6.45) is 1.28. The van der Waals surface area contributed by atoms with Crippen LogP contribution in [0, 0.1) is 0 Å². The van der Waals surface area contributed by atoms with Gasteiger partial charge in [-0.1, -0.05) is 12.7 Å². The first-order chi connectivity index (χ1) is 7.32. The van der Waals surface area contributed by atoms with Crippen LogP contribution in [0.15, 0.2) is 42.3 Å². The van der Waals surface area contributed by atoms with Crippen LogP contribution in [0.3, 0.4) is 0 Å². The summed E-state index contributed by atoms with van der Waals surface area (Å²) in [5, 5.41) is 0. The van der Waals surface area contributed by atoms with Crippen molar-refractivity contribution < 1.29 is 21.4 Å². The third kappa shape index (κ3) is 3.16. The first kappa shape index (κ1) is 12.4. The van der Waals surface area contributed by atoms with Gasteiger partial charge >= 0.3 is 10.2 Å². The predicted molar refractivity (Wildman–Crippen MR) is 55.7 cm³/mol. The van der Waals surface area contributed by atoms with Crippen LogP contribution < -0.4 is 4.74 Å². The zero-order chi connectivity index (χ0) is 12.3. The molecule has 0 bridgehead atoms. The minimum absolute atomic E-state index is 0.166. The molecule has 0 heterocycles. The van der Waals surface area contributed by atoms with E-state index in [-0.39, 0.29) is 11.3 Å². The first-order valence-electron chi connectivity index (χ1n) is 4.07. The number of benzene rings is 1. The lowest BCUT2D eigenvalue weighted by atomic mass is 10.2. The Morgan fingerprint density at radius 3 is 2.44 bits per heavy atom. The molecule has 6 heteroatoms. The molecule has 0 amide bonds. The maximum Gasteiger partial charge on any atom is 0.332 e. The second-order valence-electron chi connectivity index (χ2n) is 2.84. The molecule has 0 fully saturated rings. The third-order valence-corrected chi connectivity index (χ3v) is 2.45. The van der Waals surface area contributed by atoms with Crippen molar-refractivity contribution in [3.63, 3.8) is 0 Å². The highest BCUT2D eigenvalue weighted by Crippen LogP contribution is 2.24. The Hall–Kier alpha value is -1.69. The molecule has 1 rings (SSSR count). The van der Waals surface area contributed by atoms with E-state index in [0.29, 0.717) is 0 Å². The van der Waals surface area contributed by atoms with Crippen molar-refractivity contribution in [2.45, 2.75) is 4.90 Å². The zero-order valence-corrected chi connectivity index (χ0v) is 8.93. The van der Waals surface area contributed by atoms with E-state index in [1.54, 1.807) is 0 Å². The molecule has 3 nitrogen and oxygen atoms in total. The highest BCUT2D eigenvalue weighted by atomic mass is 32.3. The quantitative estimate of drug-likeness (QED) is 0.606. The Bertz CT molecular complexity index is 535. The number of hydrogen-bond acceptors (Lipinski definition) is 3. The first-order valence-corrected chi connectivity index (χ1v) is 5.46. The van der Waals surface area contributed by atoms with E-state index in [4.69, 9.17) is 0 Å². The molecule has 1 aromatic rings. The SMILES string of the molecule is C=Cc1cc(OC(=C)F)cc(S(=O)(=O)F)c1. The van der Waals surface area contributed by atoms with Crippen molar-refractivity contribution in [2.24, 2.45) is 0 Å². The van der Waals surface area contributed by atoms with Gasteiger partial charge in [-0.05, 0) is 24.3 Å². The van der Waals surface area contributed by atoms with E-state index in [2.05, 4.69) is 17.9 Å². The molecule has 0 saturated carbocycles. The summed E-state index contributed by atoms with van der Waals surface area (Å²) in [6.45, 7) is 6.23. The van der Waals surface area contributed by atoms with Crippen LogP contribution in [0.25, 0.3) is 6.08 Å². The van der Waals surface area contributed by atoms with Gasteiger partial charge < -0.3 is 4.74 Å². The van der Waals surface area contributed by atoms with Crippen molar-refractivity contribution in [1.29, 1.82) is 0 Å². The summed E-state index contributed by atoms with van der Waals surface area (Å²) >= 11 is 0. The van der Waals surface area contributed by atoms with Crippen molar-refractivity contribution in [2.75, 3.05) is 0 Å². The molecule has 0 aliphatic carbocycles. The standard InChI is InChI=1S/C10H8F2O3S/c1-3-8-4-9(15-7(2)11)6-10(5-8)16(12,13)14/h3-6H,1-2H2. The summed E-state index contributed by atoms with van der Waals surface area (Å²) in [5.74, 6) is -0.166. The van der Waals surface area contributed by atoms with Crippen molar-refractivity contribution in [3.05, 3.63) is 42.9 Å². The highest BCUT2D eigenvalue weighted by molar-refractivity contribution is 7.86. The van der Waals surface area contributed by atoms with Gasteiger partial charge in [-0.15, -0.1) is 3.89 Å². The minimum Gasteiger partial charge on any atom is -0.432 e. The van der Waals surface area contributed by atoms with Crippen molar-refractivity contribution in [1.82, 2.24) is 0 Å². The van der Waals surface area contributed by atoms with Crippen LogP contribution >= 0.6 is 0 Å². The molecule has 0 atom stereocenters. The van der Waals surface area contributed by atoms with E-state index in [1.165, 1.54) is 12.1 Å². The Labute approximate surface area is 91.9 Å². The Morgan fingerprint density at radius 1 is 1.38 bits per heavy atom. The third-order valence-electron chi connectivity index (χ3n) is 1.65. The average Bonchev–Trinajstić information content (AvgIpc) is 2.14. The number of rotatable bonds is 4. The Morgan fingerprint density at radius 2 is 2.00 bits per heavy atom. The smallest absolute Gasteiger partial charge is 0.332 e. The predicted octanol–water partition coefficient (Wildman–Crippen LogP) is 2.81. The zero-order valence-electron chi connectivity index (χ0n) is 8.11. The van der Waals surface area contributed by atoms with Gasteiger partial charge in [-0.2, -0.15) is 12.8 Å². The molecule has 16 heavy (non-hydrogen) atoms. The normalized spacial score (nSPS) is 10.9. The van der Waals surface area contributed by atoms with E-state index in [0.717, 1.165) is 12.1 Å². The summed E-state index contributed by atoms with van der Waals surface area (Å²) in [6, 6.07) is 2.08. The molecular weight excluding hydrogens is 238 g/mol. The van der Waals surface area contributed by atoms with E-state index in [1.807, 2.05) is 0 Å². The van der Waals surface area contributed by atoms with Crippen LogP contribution in [0.5, 0.6) is 5.75 Å². The number of hydrogen-bond donors (Lipinski definition) is 0. The Balaban J connectivity index is 3.32. The lowest BCUT2D eigenvalue weighted by Gasteiger charge is -2.05. The molecular formula is C10H8F2O3S. The number of ether oxygens (including phenoxy) is 1. The van der Waals surface area contributed by atoms with Crippen LogP contribution in [-0.2, 0) is 10.2 Å². The molecule has 0 N–H and O–H groups in total. The summed E-state index contributed by atoms with van der Waals surface area (Å²) in [5.41, 5.74) is 0.287. The summed E-state index contributed by atoms with van der Waals surface area (Å²) in [7, 11) is -4.87. The van der Waals surface area contributed by atoms with Gasteiger partial charge in [0.05, 0.1) is 0 Å². The summed E-state index contributed by atoms with van der Waals surface area (Å²) in [4.78, 5) is -0.624. The van der Waals surface area contributed by atoms with Crippen LogP contribution in [0.4, 0.5) is 8.28 Å². The molecule has 0 unspecified atom stereocenters. The second-order valence-corrected chi connectivity index (χ2v) is 4.18. The van der Waals surface area contributed by atoms with Gasteiger partial charge in [-0.3, -0.25) is 0 Å². The molecule has 0 saturated heterocycles. The molecule has 1 aromatic carbocycles. The maximum absolute atomic E-state index is 12.7. The van der Waals surface area contributed by atoms with Crippen LogP contribution in [0.2, 0.25) is 0 Å². The fourth-order valence-electron chi connectivity index (χ4n) is 1.04. The highest BCUT2D eigenvalue weighted by Gasteiger charge is 2.14. The van der Waals surface area contributed by atoms with Gasteiger partial charge in [0.1, 0.15) is 10.6 Å². The lowest BCUT2D eigenvalue weighted by molar-refractivity contribution is 0.304. The molecule has 0 aromatic heterocycles. The van der Waals surface area contributed by atoms with E-state index in [9.17, 15) is 16.7 Å². The number of halogens is 2. The molecule has 0 radical (unpaired) electrons. The maximum atomic E-state index is 12.7. The molecule has 86 valence electrons. The van der Waals surface area contributed by atoms with Crippen LogP contribution in [-0.4, -0.2) is 8.42 Å². The lowest BCUT2D eigenvalue weighted by Crippen LogP contribution is -1.95. The van der Waals surface area contributed by atoms with Crippen LogP contribution in [0.1, 0.15) is 5.56 Å². The second kappa shape index (κ2) is 4.44. The van der Waals surface area contributed by atoms with Crippen molar-refractivity contribution in [3.8, 4) is 5.75 Å². The van der Waals surface area contributed by atoms with Gasteiger partial charge in [-0.25, -0.2) is 0 Å². The summed E-state index contributed by atoms with van der Waals surface area (Å²) < 4.78 is 50.9. The van der Waals surface area contributed by atoms with Gasteiger partial charge in [0, 0.05) is 6.07 Å². The monoisotopic (exact) mass is 246 g/mol. The van der Waals surface area contributed by atoms with Gasteiger partial charge in [0.2, 0.25) is 0 Å². The van der Waals surface area contributed by atoms with Crippen molar-refractivity contribution >= 4 is 16.3 Å². The molecule has 0 aliphatic heterocycles. The van der Waals surface area contributed by atoms with Gasteiger partial charge in [0.25, 0.3) is 6.01 Å². The largest absolute Gasteiger partial charge is 0.432 e. The Kier molecular flexibility index (Phi) is 3.44. The van der Waals surface area contributed by atoms with Gasteiger partial charge in [0.15, 0.2) is 0 Å². The molecule has 0 spiro atoms.